The smallest absolute Gasteiger partial charge is 0.0426 e. The predicted octanol–water partition coefficient (Wildman–Crippen LogP) is 3.97. The molecule has 2 rings (SSSR count). The molecule has 1 aromatic carbocycles. The zero-order chi connectivity index (χ0) is 13.3. The zero-order valence-corrected chi connectivity index (χ0v) is 13.3. The molecule has 2 nitrogen and oxygen atoms in total. The maximum atomic E-state index is 3.60. The van der Waals surface area contributed by atoms with Crippen molar-refractivity contribution in [2.75, 3.05) is 25.0 Å². The highest BCUT2D eigenvalue weighted by Gasteiger charge is 2.30. The van der Waals surface area contributed by atoms with Gasteiger partial charge >= 0.3 is 0 Å². The molecule has 3 heteroatoms. The van der Waals surface area contributed by atoms with Crippen LogP contribution in [0.25, 0.3) is 0 Å². The van der Waals surface area contributed by atoms with Gasteiger partial charge in [-0.3, -0.25) is 0 Å². The number of rotatable bonds is 3. The lowest BCUT2D eigenvalue weighted by atomic mass is 9.93. The van der Waals surface area contributed by atoms with Crippen LogP contribution in [-0.2, 0) is 0 Å². The zero-order valence-electron chi connectivity index (χ0n) is 11.8. The summed E-state index contributed by atoms with van der Waals surface area (Å²) in [5, 5.41) is 3.34. The fourth-order valence-corrected chi connectivity index (χ4v) is 2.98. The molecule has 1 aromatic rings. The van der Waals surface area contributed by atoms with E-state index in [2.05, 4.69) is 65.1 Å². The SMILES string of the molecule is CNC(C)c1ccc(Br)cc1N1CCC(C)(C)C1. The first kappa shape index (κ1) is 13.9. The van der Waals surface area contributed by atoms with Crippen molar-refractivity contribution in [1.29, 1.82) is 0 Å². The van der Waals surface area contributed by atoms with Gasteiger partial charge in [0, 0.05) is 29.3 Å². The summed E-state index contributed by atoms with van der Waals surface area (Å²) in [7, 11) is 2.02. The van der Waals surface area contributed by atoms with Crippen LogP contribution < -0.4 is 10.2 Å². The van der Waals surface area contributed by atoms with E-state index >= 15 is 0 Å². The van der Waals surface area contributed by atoms with Crippen LogP contribution in [0.2, 0.25) is 0 Å². The Morgan fingerprint density at radius 1 is 1.39 bits per heavy atom. The van der Waals surface area contributed by atoms with Crippen molar-refractivity contribution in [3.8, 4) is 0 Å². The van der Waals surface area contributed by atoms with Gasteiger partial charge in [-0.05, 0) is 43.5 Å². The third-order valence-corrected chi connectivity index (χ3v) is 4.40. The van der Waals surface area contributed by atoms with Crippen molar-refractivity contribution >= 4 is 21.6 Å². The molecule has 0 aliphatic carbocycles. The van der Waals surface area contributed by atoms with Crippen molar-refractivity contribution in [3.05, 3.63) is 28.2 Å². The molecular formula is C15H23BrN2. The Labute approximate surface area is 119 Å². The fraction of sp³-hybridized carbons (Fsp3) is 0.600. The van der Waals surface area contributed by atoms with Gasteiger partial charge in [0.1, 0.15) is 0 Å². The Hall–Kier alpha value is -0.540. The van der Waals surface area contributed by atoms with E-state index in [1.54, 1.807) is 0 Å². The summed E-state index contributed by atoms with van der Waals surface area (Å²) in [4.78, 5) is 2.52. The van der Waals surface area contributed by atoms with Gasteiger partial charge in [0.2, 0.25) is 0 Å². The molecule has 18 heavy (non-hydrogen) atoms. The van der Waals surface area contributed by atoms with E-state index in [1.165, 1.54) is 17.7 Å². The van der Waals surface area contributed by atoms with E-state index in [0.29, 0.717) is 11.5 Å². The summed E-state index contributed by atoms with van der Waals surface area (Å²) in [6, 6.07) is 7.00. The van der Waals surface area contributed by atoms with Gasteiger partial charge in [0.05, 0.1) is 0 Å². The molecule has 1 unspecified atom stereocenters. The van der Waals surface area contributed by atoms with Gasteiger partial charge in [-0.25, -0.2) is 0 Å². The third-order valence-electron chi connectivity index (χ3n) is 3.91. The molecule has 0 bridgehead atoms. The minimum Gasteiger partial charge on any atom is -0.371 e. The lowest BCUT2D eigenvalue weighted by Crippen LogP contribution is -2.25. The maximum Gasteiger partial charge on any atom is 0.0426 e. The second-order valence-electron chi connectivity index (χ2n) is 6.05. The summed E-state index contributed by atoms with van der Waals surface area (Å²) < 4.78 is 1.16. The third kappa shape index (κ3) is 2.89. The van der Waals surface area contributed by atoms with E-state index in [9.17, 15) is 0 Å². The molecule has 0 aromatic heterocycles. The summed E-state index contributed by atoms with van der Waals surface area (Å²) in [6.45, 7) is 9.23. The average Bonchev–Trinajstić information content (AvgIpc) is 2.68. The number of hydrogen-bond donors (Lipinski definition) is 1. The number of nitrogens with zero attached hydrogens (tertiary/aromatic N) is 1. The molecule has 1 fully saturated rings. The topological polar surface area (TPSA) is 15.3 Å². The fourth-order valence-electron chi connectivity index (χ4n) is 2.63. The van der Waals surface area contributed by atoms with Crippen LogP contribution >= 0.6 is 15.9 Å². The maximum absolute atomic E-state index is 3.60. The molecule has 0 amide bonds. The average molecular weight is 311 g/mol. The predicted molar refractivity (Wildman–Crippen MR) is 82.2 cm³/mol. The van der Waals surface area contributed by atoms with E-state index in [-0.39, 0.29) is 0 Å². The second kappa shape index (κ2) is 5.22. The number of anilines is 1. The first-order valence-electron chi connectivity index (χ1n) is 6.64. The summed E-state index contributed by atoms with van der Waals surface area (Å²) in [5.41, 5.74) is 3.19. The van der Waals surface area contributed by atoms with Gasteiger partial charge in [-0.2, -0.15) is 0 Å². The summed E-state index contributed by atoms with van der Waals surface area (Å²) in [5.74, 6) is 0. The Morgan fingerprint density at radius 3 is 2.67 bits per heavy atom. The second-order valence-corrected chi connectivity index (χ2v) is 6.96. The van der Waals surface area contributed by atoms with Gasteiger partial charge in [-0.15, -0.1) is 0 Å². The van der Waals surface area contributed by atoms with Crippen LogP contribution in [-0.4, -0.2) is 20.1 Å². The molecule has 1 N–H and O–H groups in total. The number of halogens is 1. The molecule has 100 valence electrons. The lowest BCUT2D eigenvalue weighted by molar-refractivity contribution is 0.418. The molecule has 1 saturated heterocycles. The van der Waals surface area contributed by atoms with Crippen LogP contribution in [0, 0.1) is 5.41 Å². The molecule has 1 aliphatic rings. The van der Waals surface area contributed by atoms with E-state index in [4.69, 9.17) is 0 Å². The molecule has 0 spiro atoms. The largest absolute Gasteiger partial charge is 0.371 e. The van der Waals surface area contributed by atoms with Crippen LogP contribution in [0.1, 0.15) is 38.8 Å². The highest BCUT2D eigenvalue weighted by atomic mass is 79.9. The highest BCUT2D eigenvalue weighted by Crippen LogP contribution is 2.37. The molecule has 1 heterocycles. The van der Waals surface area contributed by atoms with Crippen molar-refractivity contribution < 1.29 is 0 Å². The standard InChI is InChI=1S/C15H23BrN2/c1-11(17-4)13-6-5-12(16)9-14(13)18-8-7-15(2,3)10-18/h5-6,9,11,17H,7-8,10H2,1-4H3. The normalized spacial score (nSPS) is 20.2. The van der Waals surface area contributed by atoms with Gasteiger partial charge < -0.3 is 10.2 Å². The van der Waals surface area contributed by atoms with Gasteiger partial charge in [0.15, 0.2) is 0 Å². The lowest BCUT2D eigenvalue weighted by Gasteiger charge is -2.26. The number of hydrogen-bond acceptors (Lipinski definition) is 2. The quantitative estimate of drug-likeness (QED) is 0.909. The first-order valence-corrected chi connectivity index (χ1v) is 7.44. The minimum atomic E-state index is 0.386. The van der Waals surface area contributed by atoms with Gasteiger partial charge in [-0.1, -0.05) is 35.8 Å². The Kier molecular flexibility index (Phi) is 4.02. The minimum absolute atomic E-state index is 0.386. The highest BCUT2D eigenvalue weighted by molar-refractivity contribution is 9.10. The molecule has 1 atom stereocenters. The first-order chi connectivity index (χ1) is 8.43. The number of benzene rings is 1. The molecule has 1 aliphatic heterocycles. The van der Waals surface area contributed by atoms with Gasteiger partial charge in [0.25, 0.3) is 0 Å². The number of nitrogens with one attached hydrogen (secondary N) is 1. The summed E-state index contributed by atoms with van der Waals surface area (Å²) in [6.07, 6.45) is 1.27. The molecule has 0 radical (unpaired) electrons. The van der Waals surface area contributed by atoms with E-state index < -0.39 is 0 Å². The van der Waals surface area contributed by atoms with Crippen LogP contribution in [0.4, 0.5) is 5.69 Å². The van der Waals surface area contributed by atoms with E-state index in [0.717, 1.165) is 17.6 Å². The van der Waals surface area contributed by atoms with Crippen LogP contribution in [0.3, 0.4) is 0 Å². The van der Waals surface area contributed by atoms with Crippen molar-refractivity contribution in [3.63, 3.8) is 0 Å². The van der Waals surface area contributed by atoms with Crippen molar-refractivity contribution in [2.45, 2.75) is 33.2 Å². The Bertz CT molecular complexity index is 429. The van der Waals surface area contributed by atoms with E-state index in [1.807, 2.05) is 7.05 Å². The molecule has 0 saturated carbocycles. The van der Waals surface area contributed by atoms with Crippen molar-refractivity contribution in [2.24, 2.45) is 5.41 Å². The Balaban J connectivity index is 2.34. The van der Waals surface area contributed by atoms with Crippen molar-refractivity contribution in [1.82, 2.24) is 5.32 Å². The molecular weight excluding hydrogens is 288 g/mol. The van der Waals surface area contributed by atoms with Crippen LogP contribution in [0.5, 0.6) is 0 Å². The summed E-state index contributed by atoms with van der Waals surface area (Å²) >= 11 is 3.60. The van der Waals surface area contributed by atoms with Crippen LogP contribution in [0.15, 0.2) is 22.7 Å². The Morgan fingerprint density at radius 2 is 2.11 bits per heavy atom. The monoisotopic (exact) mass is 310 g/mol.